The molecule has 14 heavy (non-hydrogen) atoms. The van der Waals surface area contributed by atoms with Crippen molar-refractivity contribution in [2.24, 2.45) is 0 Å². The molecule has 0 saturated carbocycles. The first-order valence-electron chi connectivity index (χ1n) is 4.13. The van der Waals surface area contributed by atoms with Crippen LogP contribution in [0.15, 0.2) is 23.0 Å². The molecule has 0 aromatic heterocycles. The zero-order chi connectivity index (χ0) is 11.2. The molecule has 4 nitrogen and oxygen atoms in total. The van der Waals surface area contributed by atoms with Gasteiger partial charge in [0.15, 0.2) is 19.7 Å². The third-order valence-electron chi connectivity index (χ3n) is 1.49. The molecule has 0 unspecified atom stereocenters. The Labute approximate surface area is 85.2 Å². The number of hydrogen-bond donors (Lipinski definition) is 0. The van der Waals surface area contributed by atoms with Crippen LogP contribution in [0.1, 0.15) is 13.8 Å². The second kappa shape index (κ2) is 5.31. The van der Waals surface area contributed by atoms with Gasteiger partial charge in [-0.3, -0.25) is 0 Å². The highest BCUT2D eigenvalue weighted by molar-refractivity contribution is 7.94. The van der Waals surface area contributed by atoms with E-state index in [1.54, 1.807) is 0 Å². The van der Waals surface area contributed by atoms with Crippen molar-refractivity contribution >= 4 is 19.7 Å². The molecular formula is C8H14O4S2. The molecule has 0 bridgehead atoms. The van der Waals surface area contributed by atoms with Crippen molar-refractivity contribution in [3.8, 4) is 0 Å². The minimum Gasteiger partial charge on any atom is -0.224 e. The zero-order valence-electron chi connectivity index (χ0n) is 8.17. The molecule has 0 fully saturated rings. The molecule has 0 amide bonds. The highest BCUT2D eigenvalue weighted by Gasteiger charge is 2.00. The van der Waals surface area contributed by atoms with Gasteiger partial charge in [-0.2, -0.15) is 0 Å². The summed E-state index contributed by atoms with van der Waals surface area (Å²) < 4.78 is 43.7. The predicted octanol–water partition coefficient (Wildman–Crippen LogP) is 0.883. The SMILES string of the molecule is CCS(=O)(=O)/C=C/C=C/S(=O)(=O)CC. The Balaban J connectivity index is 4.49. The molecule has 0 spiro atoms. The minimum absolute atomic E-state index is 0.0118. The van der Waals surface area contributed by atoms with Gasteiger partial charge in [-0.05, 0) is 0 Å². The highest BCUT2D eigenvalue weighted by Crippen LogP contribution is 1.95. The monoisotopic (exact) mass is 238 g/mol. The lowest BCUT2D eigenvalue weighted by Gasteiger charge is -1.89. The molecule has 6 heteroatoms. The Morgan fingerprint density at radius 1 is 0.786 bits per heavy atom. The van der Waals surface area contributed by atoms with E-state index in [1.165, 1.54) is 26.0 Å². The van der Waals surface area contributed by atoms with Gasteiger partial charge >= 0.3 is 0 Å². The Bertz CT molecular complexity index is 370. The van der Waals surface area contributed by atoms with Gasteiger partial charge < -0.3 is 0 Å². The average molecular weight is 238 g/mol. The fourth-order valence-corrected chi connectivity index (χ4v) is 1.57. The van der Waals surface area contributed by atoms with Crippen LogP contribution in [0, 0.1) is 0 Å². The van der Waals surface area contributed by atoms with Crippen molar-refractivity contribution < 1.29 is 16.8 Å². The van der Waals surface area contributed by atoms with Gasteiger partial charge in [0.25, 0.3) is 0 Å². The minimum atomic E-state index is -3.17. The van der Waals surface area contributed by atoms with Gasteiger partial charge in [0, 0.05) is 10.8 Å². The Morgan fingerprint density at radius 3 is 1.29 bits per heavy atom. The topological polar surface area (TPSA) is 68.3 Å². The summed E-state index contributed by atoms with van der Waals surface area (Å²) in [7, 11) is -6.34. The van der Waals surface area contributed by atoms with Crippen LogP contribution < -0.4 is 0 Å². The van der Waals surface area contributed by atoms with Crippen molar-refractivity contribution in [3.63, 3.8) is 0 Å². The molecule has 82 valence electrons. The molecule has 0 aliphatic carbocycles. The maximum atomic E-state index is 10.9. The van der Waals surface area contributed by atoms with E-state index < -0.39 is 19.7 Å². The number of sulfone groups is 2. The lowest BCUT2D eigenvalue weighted by Crippen LogP contribution is -1.97. The summed E-state index contributed by atoms with van der Waals surface area (Å²) in [5.41, 5.74) is 0. The summed E-state index contributed by atoms with van der Waals surface area (Å²) in [4.78, 5) is 0. The van der Waals surface area contributed by atoms with Crippen molar-refractivity contribution in [3.05, 3.63) is 23.0 Å². The van der Waals surface area contributed by atoms with Crippen molar-refractivity contribution in [1.29, 1.82) is 0 Å². The van der Waals surface area contributed by atoms with E-state index in [4.69, 9.17) is 0 Å². The molecule has 0 rings (SSSR count). The lowest BCUT2D eigenvalue weighted by molar-refractivity contribution is 0.604. The van der Waals surface area contributed by atoms with E-state index in [-0.39, 0.29) is 11.5 Å². The average Bonchev–Trinajstić information content (AvgIpc) is 2.13. The van der Waals surface area contributed by atoms with Crippen LogP contribution in [-0.2, 0) is 19.7 Å². The van der Waals surface area contributed by atoms with Gasteiger partial charge in [0.2, 0.25) is 0 Å². The summed E-state index contributed by atoms with van der Waals surface area (Å²) in [5.74, 6) is 0.0235. The van der Waals surface area contributed by atoms with Crippen LogP contribution in [0.2, 0.25) is 0 Å². The third-order valence-corrected chi connectivity index (χ3v) is 4.24. The number of allylic oxidation sites excluding steroid dienone is 2. The Hall–Kier alpha value is -0.620. The van der Waals surface area contributed by atoms with E-state index in [9.17, 15) is 16.8 Å². The summed E-state index contributed by atoms with van der Waals surface area (Å²) in [6.45, 7) is 3.04. The van der Waals surface area contributed by atoms with Gasteiger partial charge in [-0.25, -0.2) is 16.8 Å². The third kappa shape index (κ3) is 5.93. The van der Waals surface area contributed by atoms with E-state index in [1.807, 2.05) is 0 Å². The molecule has 0 aliphatic rings. The fraction of sp³-hybridized carbons (Fsp3) is 0.500. The molecule has 0 aromatic rings. The smallest absolute Gasteiger partial charge is 0.171 e. The number of hydrogen-bond acceptors (Lipinski definition) is 4. The van der Waals surface area contributed by atoms with Crippen LogP contribution >= 0.6 is 0 Å². The Morgan fingerprint density at radius 2 is 1.07 bits per heavy atom. The lowest BCUT2D eigenvalue weighted by atomic mass is 10.6. The van der Waals surface area contributed by atoms with Crippen molar-refractivity contribution in [2.75, 3.05) is 11.5 Å². The zero-order valence-corrected chi connectivity index (χ0v) is 9.81. The van der Waals surface area contributed by atoms with Crippen molar-refractivity contribution in [2.45, 2.75) is 13.8 Å². The summed E-state index contributed by atoms with van der Waals surface area (Å²) in [6, 6.07) is 0. The van der Waals surface area contributed by atoms with Gasteiger partial charge in [0.05, 0.1) is 11.5 Å². The van der Waals surface area contributed by atoms with Crippen LogP contribution in [0.3, 0.4) is 0 Å². The number of rotatable bonds is 5. The molecule has 0 saturated heterocycles. The summed E-state index contributed by atoms with van der Waals surface area (Å²) in [5, 5.41) is 1.99. The van der Waals surface area contributed by atoms with Crippen molar-refractivity contribution in [1.82, 2.24) is 0 Å². The molecule has 0 N–H and O–H groups in total. The standard InChI is InChI=1S/C8H14O4S2/c1-3-13(9,10)7-5-6-8-14(11,12)4-2/h5-8H,3-4H2,1-2H3/b7-5+,8-6+. The highest BCUT2D eigenvalue weighted by atomic mass is 32.2. The van der Waals surface area contributed by atoms with E-state index >= 15 is 0 Å². The fourth-order valence-electron chi connectivity index (χ4n) is 0.523. The predicted molar refractivity (Wildman–Crippen MR) is 57.2 cm³/mol. The van der Waals surface area contributed by atoms with E-state index in [0.717, 1.165) is 10.8 Å². The molecule has 0 radical (unpaired) electrons. The van der Waals surface area contributed by atoms with Crippen LogP contribution in [-0.4, -0.2) is 28.3 Å². The molecular weight excluding hydrogens is 224 g/mol. The van der Waals surface area contributed by atoms with E-state index in [0.29, 0.717) is 0 Å². The second-order valence-corrected chi connectivity index (χ2v) is 6.91. The van der Waals surface area contributed by atoms with E-state index in [2.05, 4.69) is 0 Å². The largest absolute Gasteiger partial charge is 0.224 e. The maximum absolute atomic E-state index is 10.9. The molecule has 0 aromatic carbocycles. The van der Waals surface area contributed by atoms with Gasteiger partial charge in [0.1, 0.15) is 0 Å². The molecule has 0 aliphatic heterocycles. The van der Waals surface area contributed by atoms with Gasteiger partial charge in [-0.15, -0.1) is 0 Å². The van der Waals surface area contributed by atoms with Crippen LogP contribution in [0.25, 0.3) is 0 Å². The first-order valence-corrected chi connectivity index (χ1v) is 7.56. The quantitative estimate of drug-likeness (QED) is 0.667. The van der Waals surface area contributed by atoms with Gasteiger partial charge in [-0.1, -0.05) is 26.0 Å². The Kier molecular flexibility index (Phi) is 5.07. The first-order chi connectivity index (χ1) is 6.33. The maximum Gasteiger partial charge on any atom is 0.171 e. The van der Waals surface area contributed by atoms with Crippen LogP contribution in [0.4, 0.5) is 0 Å². The first kappa shape index (κ1) is 13.4. The molecule has 0 heterocycles. The molecule has 0 atom stereocenters. The van der Waals surface area contributed by atoms with Crippen LogP contribution in [0.5, 0.6) is 0 Å². The second-order valence-electron chi connectivity index (χ2n) is 2.56. The summed E-state index contributed by atoms with van der Waals surface area (Å²) >= 11 is 0. The summed E-state index contributed by atoms with van der Waals surface area (Å²) in [6.07, 6.45) is 2.43. The normalized spacial score (nSPS) is 14.1.